The summed E-state index contributed by atoms with van der Waals surface area (Å²) in [4.78, 5) is 42.7. The highest BCUT2D eigenvalue weighted by Crippen LogP contribution is 2.28. The zero-order valence-corrected chi connectivity index (χ0v) is 24.3. The molecule has 0 radical (unpaired) electrons. The third-order valence-corrected chi connectivity index (χ3v) is 6.91. The van der Waals surface area contributed by atoms with Crippen molar-refractivity contribution in [3.63, 3.8) is 0 Å². The normalized spacial score (nSPS) is 12.5. The first kappa shape index (κ1) is 30.5. The fourth-order valence-electron chi connectivity index (χ4n) is 4.75. The van der Waals surface area contributed by atoms with Crippen LogP contribution in [0.25, 0.3) is 22.8 Å². The molecule has 0 saturated carbocycles. The number of hydrogen-bond donors (Lipinski definition) is 6. The maximum Gasteiger partial charge on any atom is 0.339 e. The van der Waals surface area contributed by atoms with E-state index in [9.17, 15) is 34.8 Å². The van der Waals surface area contributed by atoms with E-state index < -0.39 is 23.4 Å². The highest BCUT2D eigenvalue weighted by Gasteiger charge is 2.23. The van der Waals surface area contributed by atoms with E-state index in [1.54, 1.807) is 29.4 Å². The summed E-state index contributed by atoms with van der Waals surface area (Å²) in [5.74, 6) is -3.56. The number of aromatic nitrogens is 4. The molecule has 15 nitrogen and oxygen atoms in total. The van der Waals surface area contributed by atoms with Gasteiger partial charge in [0.1, 0.15) is 28.3 Å². The molecule has 15 heteroatoms. The molecule has 0 unspecified atom stereocenters. The number of aromatic carboxylic acids is 2. The molecule has 3 heterocycles. The SMILES string of the molecule is CCCN(CCC)C(=O)c1cc(C2=CN(c3ccc(C(=O)O)c(O)c3)NN2)nc(-c2cn(-c3ccc(C(=O)O)c(O)c3)nn2)c1. The summed E-state index contributed by atoms with van der Waals surface area (Å²) >= 11 is 0. The van der Waals surface area contributed by atoms with Crippen molar-refractivity contribution < 1.29 is 34.8 Å². The molecule has 4 aromatic rings. The topological polar surface area (TPSA) is 206 Å². The quantitative estimate of drug-likeness (QED) is 0.144. The molecule has 0 aliphatic carbocycles. The van der Waals surface area contributed by atoms with E-state index in [2.05, 4.69) is 21.3 Å². The van der Waals surface area contributed by atoms with E-state index >= 15 is 0 Å². The Bertz CT molecular complexity index is 1810. The van der Waals surface area contributed by atoms with Crippen LogP contribution in [0.1, 0.15) is 63.5 Å². The molecule has 0 bridgehead atoms. The number of nitrogens with one attached hydrogen (secondary N) is 2. The monoisotopic (exact) mass is 614 g/mol. The Hall–Kier alpha value is -5.96. The van der Waals surface area contributed by atoms with Crippen LogP contribution in [0.3, 0.4) is 0 Å². The van der Waals surface area contributed by atoms with Crippen molar-refractivity contribution in [1.29, 1.82) is 0 Å². The molecule has 1 amide bonds. The zero-order valence-electron chi connectivity index (χ0n) is 24.3. The number of phenols is 2. The average molecular weight is 615 g/mol. The van der Waals surface area contributed by atoms with Crippen molar-refractivity contribution in [3.05, 3.63) is 83.3 Å². The van der Waals surface area contributed by atoms with Crippen LogP contribution in [0.15, 0.2) is 60.9 Å². The highest BCUT2D eigenvalue weighted by atomic mass is 16.4. The number of nitrogens with zero attached hydrogens (tertiary/aromatic N) is 6. The third-order valence-electron chi connectivity index (χ3n) is 6.91. The molecule has 6 N–H and O–H groups in total. The van der Waals surface area contributed by atoms with Crippen molar-refractivity contribution in [1.82, 2.24) is 35.8 Å². The highest BCUT2D eigenvalue weighted by molar-refractivity contribution is 5.96. The maximum absolute atomic E-state index is 13.7. The Morgan fingerprint density at radius 2 is 1.42 bits per heavy atom. The summed E-state index contributed by atoms with van der Waals surface area (Å²) < 4.78 is 1.35. The molecule has 2 aromatic heterocycles. The van der Waals surface area contributed by atoms with E-state index in [1.807, 2.05) is 13.8 Å². The number of aromatic hydroxyl groups is 2. The molecule has 232 valence electrons. The summed E-state index contributed by atoms with van der Waals surface area (Å²) in [5, 5.41) is 48.6. The van der Waals surface area contributed by atoms with Crippen LogP contribution in [-0.2, 0) is 0 Å². The first-order chi connectivity index (χ1) is 21.6. The standard InChI is InChI=1S/C30H30N8O7/c1-3-9-36(10-4-2)28(41)17-11-22(24-15-37(34-32-24)18-5-7-20(29(42)43)26(39)13-18)31-23(12-17)25-16-38(35-33-25)19-6-8-21(30(44)45)27(40)14-19/h5-8,11-16,32,34,39-40H,3-4,9-10H2,1-2H3,(H,42,43)(H,44,45). The molecule has 1 aliphatic heterocycles. The Kier molecular flexibility index (Phi) is 8.62. The smallest absolute Gasteiger partial charge is 0.339 e. The number of hydrogen-bond acceptors (Lipinski definition) is 11. The van der Waals surface area contributed by atoms with Gasteiger partial charge < -0.3 is 25.3 Å². The Morgan fingerprint density at radius 3 is 2.02 bits per heavy atom. The van der Waals surface area contributed by atoms with E-state index in [4.69, 9.17) is 4.98 Å². The minimum atomic E-state index is -1.27. The molecule has 2 aromatic carbocycles. The largest absolute Gasteiger partial charge is 0.507 e. The summed E-state index contributed by atoms with van der Waals surface area (Å²) in [6, 6.07) is 11.3. The van der Waals surface area contributed by atoms with Gasteiger partial charge in [-0.15, -0.1) is 10.6 Å². The number of anilines is 1. The second-order valence-electron chi connectivity index (χ2n) is 10.1. The number of carbonyl (C=O) groups is 3. The lowest BCUT2D eigenvalue weighted by Crippen LogP contribution is -2.36. The Morgan fingerprint density at radius 1 is 0.822 bits per heavy atom. The molecule has 45 heavy (non-hydrogen) atoms. The molecule has 0 fully saturated rings. The van der Waals surface area contributed by atoms with Crippen molar-refractivity contribution in [2.75, 3.05) is 18.1 Å². The number of amides is 1. The van der Waals surface area contributed by atoms with Gasteiger partial charge in [-0.2, -0.15) is 0 Å². The lowest BCUT2D eigenvalue weighted by atomic mass is 10.1. The number of carbonyl (C=O) groups excluding carboxylic acids is 1. The first-order valence-electron chi connectivity index (χ1n) is 14.0. The van der Waals surface area contributed by atoms with Gasteiger partial charge in [0.05, 0.1) is 40.9 Å². The first-order valence-corrected chi connectivity index (χ1v) is 14.0. The molecule has 0 spiro atoms. The van der Waals surface area contributed by atoms with Gasteiger partial charge in [0.15, 0.2) is 0 Å². The minimum absolute atomic E-state index is 0.192. The third kappa shape index (κ3) is 6.37. The second kappa shape index (κ2) is 12.7. The predicted molar refractivity (Wildman–Crippen MR) is 161 cm³/mol. The number of benzene rings is 2. The van der Waals surface area contributed by atoms with Crippen LogP contribution >= 0.6 is 0 Å². The molecule has 5 rings (SSSR count). The summed E-state index contributed by atoms with van der Waals surface area (Å²) in [6.45, 7) is 5.12. The molecular formula is C30H30N8O7. The van der Waals surface area contributed by atoms with Crippen molar-refractivity contribution in [3.8, 4) is 28.6 Å². The van der Waals surface area contributed by atoms with Crippen molar-refractivity contribution in [2.24, 2.45) is 0 Å². The summed E-state index contributed by atoms with van der Waals surface area (Å²) in [6.07, 6.45) is 4.73. The van der Waals surface area contributed by atoms with E-state index in [0.29, 0.717) is 52.8 Å². The summed E-state index contributed by atoms with van der Waals surface area (Å²) in [5.41, 5.74) is 8.04. The maximum atomic E-state index is 13.7. The van der Waals surface area contributed by atoms with Crippen LogP contribution in [0.2, 0.25) is 0 Å². The van der Waals surface area contributed by atoms with E-state index in [0.717, 1.165) is 12.8 Å². The van der Waals surface area contributed by atoms with Gasteiger partial charge in [0, 0.05) is 30.8 Å². The fourth-order valence-corrected chi connectivity index (χ4v) is 4.75. The van der Waals surface area contributed by atoms with Crippen LogP contribution < -0.4 is 16.0 Å². The van der Waals surface area contributed by atoms with Gasteiger partial charge >= 0.3 is 11.9 Å². The Balaban J connectivity index is 1.54. The van der Waals surface area contributed by atoms with Gasteiger partial charge in [0.2, 0.25) is 0 Å². The van der Waals surface area contributed by atoms with E-state index in [-0.39, 0.29) is 17.0 Å². The zero-order chi connectivity index (χ0) is 32.2. The predicted octanol–water partition coefficient (Wildman–Crippen LogP) is 3.23. The van der Waals surface area contributed by atoms with Crippen LogP contribution in [0, 0.1) is 0 Å². The number of pyridine rings is 1. The number of carboxylic acids is 2. The molecular weight excluding hydrogens is 584 g/mol. The van der Waals surface area contributed by atoms with Gasteiger partial charge in [-0.3, -0.25) is 15.2 Å². The number of rotatable bonds is 11. The number of carboxylic acid groups (broad SMARTS) is 2. The van der Waals surface area contributed by atoms with Crippen LogP contribution in [0.4, 0.5) is 5.69 Å². The van der Waals surface area contributed by atoms with Crippen LogP contribution in [-0.4, -0.2) is 76.2 Å². The van der Waals surface area contributed by atoms with Crippen molar-refractivity contribution >= 4 is 29.2 Å². The minimum Gasteiger partial charge on any atom is -0.507 e. The van der Waals surface area contributed by atoms with Gasteiger partial charge in [0.25, 0.3) is 5.91 Å². The van der Waals surface area contributed by atoms with Gasteiger partial charge in [-0.1, -0.05) is 19.1 Å². The molecule has 1 aliphatic rings. The molecule has 0 saturated heterocycles. The van der Waals surface area contributed by atoms with Crippen molar-refractivity contribution in [2.45, 2.75) is 26.7 Å². The van der Waals surface area contributed by atoms with Crippen LogP contribution in [0.5, 0.6) is 11.5 Å². The lowest BCUT2D eigenvalue weighted by Gasteiger charge is -2.22. The van der Waals surface area contributed by atoms with E-state index in [1.165, 1.54) is 46.1 Å². The second-order valence-corrected chi connectivity index (χ2v) is 10.1. The lowest BCUT2D eigenvalue weighted by molar-refractivity contribution is 0.0682. The Labute approximate surface area is 256 Å². The summed E-state index contributed by atoms with van der Waals surface area (Å²) in [7, 11) is 0. The average Bonchev–Trinajstić information content (AvgIpc) is 3.71. The fraction of sp³-hybridized carbons (Fsp3) is 0.200. The molecule has 0 atom stereocenters. The van der Waals surface area contributed by atoms with Gasteiger partial charge in [-0.25, -0.2) is 19.3 Å². The van der Waals surface area contributed by atoms with Gasteiger partial charge in [-0.05, 0) is 49.2 Å². The number of hydrazine groups is 2.